The Morgan fingerprint density at radius 2 is 1.63 bits per heavy atom. The van der Waals surface area contributed by atoms with Gasteiger partial charge in [0.1, 0.15) is 5.69 Å². The number of benzene rings is 3. The molecule has 3 heterocycles. The Balaban J connectivity index is 1.31. The highest BCUT2D eigenvalue weighted by atomic mass is 16.2. The molecule has 0 unspecified atom stereocenters. The van der Waals surface area contributed by atoms with Crippen LogP contribution in [0.4, 0.5) is 5.69 Å². The smallest absolute Gasteiger partial charge is 0.268 e. The molecule has 3 aromatic carbocycles. The average Bonchev–Trinajstić information content (AvgIpc) is 3.29. The summed E-state index contributed by atoms with van der Waals surface area (Å²) in [6, 6.07) is 27.8. The van der Waals surface area contributed by atoms with E-state index in [0.29, 0.717) is 30.9 Å². The number of carbonyl (C=O) groups excluding carboxylic acids is 2. The zero-order valence-corrected chi connectivity index (χ0v) is 23.5. The Kier molecular flexibility index (Phi) is 6.98. The van der Waals surface area contributed by atoms with Crippen molar-refractivity contribution in [3.63, 3.8) is 0 Å². The van der Waals surface area contributed by atoms with Gasteiger partial charge in [0.2, 0.25) is 0 Å². The summed E-state index contributed by atoms with van der Waals surface area (Å²) in [5.74, 6) is -0.221. The molecule has 6 heteroatoms. The number of para-hydroxylation sites is 1. The molecule has 204 valence electrons. The van der Waals surface area contributed by atoms with Gasteiger partial charge in [0.25, 0.3) is 11.8 Å². The Bertz CT molecular complexity index is 1750. The Labute approximate surface area is 240 Å². The topological polar surface area (TPSA) is 67.2 Å². The molecule has 0 aliphatic carbocycles. The van der Waals surface area contributed by atoms with Gasteiger partial charge in [-0.25, -0.2) is 0 Å². The van der Waals surface area contributed by atoms with Crippen molar-refractivity contribution in [2.24, 2.45) is 0 Å². The van der Waals surface area contributed by atoms with Crippen molar-refractivity contribution >= 4 is 17.5 Å². The molecular weight excluding hydrogens is 508 g/mol. The van der Waals surface area contributed by atoms with Crippen molar-refractivity contribution in [1.29, 1.82) is 0 Å². The first kappa shape index (κ1) is 26.3. The fourth-order valence-corrected chi connectivity index (χ4v) is 5.79. The second kappa shape index (κ2) is 10.9. The summed E-state index contributed by atoms with van der Waals surface area (Å²) in [5, 5.41) is 3.01. The minimum atomic E-state index is -0.157. The quantitative estimate of drug-likeness (QED) is 0.273. The highest BCUT2D eigenvalue weighted by molar-refractivity contribution is 6.07. The molecule has 1 aliphatic heterocycles. The molecule has 0 atom stereocenters. The molecule has 0 saturated heterocycles. The number of hydrogen-bond acceptors (Lipinski definition) is 3. The van der Waals surface area contributed by atoms with Crippen LogP contribution in [0.3, 0.4) is 0 Å². The van der Waals surface area contributed by atoms with E-state index < -0.39 is 0 Å². The average molecular weight is 541 g/mol. The van der Waals surface area contributed by atoms with Gasteiger partial charge in [-0.15, -0.1) is 0 Å². The third-order valence-electron chi connectivity index (χ3n) is 7.88. The molecule has 0 saturated carbocycles. The van der Waals surface area contributed by atoms with Gasteiger partial charge in [0.15, 0.2) is 0 Å². The fraction of sp³-hybridized carbons (Fsp3) is 0.171. The first-order valence-electron chi connectivity index (χ1n) is 13.8. The molecule has 0 spiro atoms. The van der Waals surface area contributed by atoms with Gasteiger partial charge >= 0.3 is 0 Å². The Hall–Kier alpha value is -4.97. The number of nitrogens with zero attached hydrogens (tertiary/aromatic N) is 3. The van der Waals surface area contributed by atoms with Crippen LogP contribution in [0.25, 0.3) is 11.1 Å². The lowest BCUT2D eigenvalue weighted by molar-refractivity contribution is 0.0941. The number of aryl methyl sites for hydroxylation is 3. The van der Waals surface area contributed by atoms with Crippen molar-refractivity contribution in [1.82, 2.24) is 14.9 Å². The minimum absolute atomic E-state index is 0.0640. The van der Waals surface area contributed by atoms with Gasteiger partial charge in [0, 0.05) is 35.9 Å². The number of aromatic nitrogens is 2. The second-order valence-electron chi connectivity index (χ2n) is 10.7. The molecule has 6 rings (SSSR count). The van der Waals surface area contributed by atoms with Crippen molar-refractivity contribution < 1.29 is 9.59 Å². The number of amides is 2. The van der Waals surface area contributed by atoms with Crippen molar-refractivity contribution in [3.8, 4) is 11.1 Å². The van der Waals surface area contributed by atoms with Crippen LogP contribution in [-0.2, 0) is 19.6 Å². The third-order valence-corrected chi connectivity index (χ3v) is 7.88. The van der Waals surface area contributed by atoms with Crippen LogP contribution in [-0.4, -0.2) is 21.4 Å². The number of anilines is 1. The lowest BCUT2D eigenvalue weighted by Gasteiger charge is -2.23. The number of rotatable bonds is 5. The molecule has 0 fully saturated rings. The normalized spacial score (nSPS) is 12.3. The standard InChI is InChI=1S/C35H32N4O2/c1-23-8-6-9-24(2)33(23)30-15-13-27(18-25(30)3)35(41)39-22-29-14-16-32(34(40)37-20-26-10-7-17-36-19-26)38(29)21-28-11-4-5-12-31(28)39/h4-19H,20-22H2,1-3H3,(H,37,40). The third kappa shape index (κ3) is 5.05. The predicted octanol–water partition coefficient (Wildman–Crippen LogP) is 6.61. The van der Waals surface area contributed by atoms with Crippen LogP contribution < -0.4 is 10.2 Å². The Morgan fingerprint density at radius 3 is 2.39 bits per heavy atom. The molecule has 0 radical (unpaired) electrons. The maximum atomic E-state index is 14.1. The van der Waals surface area contributed by atoms with Crippen molar-refractivity contribution in [2.75, 3.05) is 4.90 Å². The van der Waals surface area contributed by atoms with E-state index in [1.165, 1.54) is 16.7 Å². The maximum absolute atomic E-state index is 14.1. The van der Waals surface area contributed by atoms with Crippen molar-refractivity contribution in [3.05, 3.63) is 142 Å². The summed E-state index contributed by atoms with van der Waals surface area (Å²) >= 11 is 0. The van der Waals surface area contributed by atoms with Gasteiger partial charge in [0.05, 0.1) is 13.1 Å². The molecule has 2 aromatic heterocycles. The van der Waals surface area contributed by atoms with E-state index in [1.54, 1.807) is 12.4 Å². The zero-order valence-electron chi connectivity index (χ0n) is 23.5. The van der Waals surface area contributed by atoms with Crippen LogP contribution in [0, 0.1) is 20.8 Å². The van der Waals surface area contributed by atoms with E-state index in [0.717, 1.165) is 33.6 Å². The largest absolute Gasteiger partial charge is 0.347 e. The molecule has 1 N–H and O–H groups in total. The zero-order chi connectivity index (χ0) is 28.5. The van der Waals surface area contributed by atoms with E-state index >= 15 is 0 Å². The summed E-state index contributed by atoms with van der Waals surface area (Å²) in [6.07, 6.45) is 3.46. The molecule has 6 nitrogen and oxygen atoms in total. The van der Waals surface area contributed by atoms with Crippen LogP contribution in [0.5, 0.6) is 0 Å². The number of fused-ring (bicyclic) bond motifs is 2. The highest BCUT2D eigenvalue weighted by Crippen LogP contribution is 2.33. The van der Waals surface area contributed by atoms with Crippen LogP contribution in [0.1, 0.15) is 54.4 Å². The lowest BCUT2D eigenvalue weighted by atomic mass is 9.91. The van der Waals surface area contributed by atoms with E-state index in [2.05, 4.69) is 55.3 Å². The van der Waals surface area contributed by atoms with Crippen LogP contribution in [0.15, 0.2) is 97.3 Å². The Morgan fingerprint density at radius 1 is 0.829 bits per heavy atom. The highest BCUT2D eigenvalue weighted by Gasteiger charge is 2.27. The number of nitrogens with one attached hydrogen (secondary N) is 1. The summed E-state index contributed by atoms with van der Waals surface area (Å²) in [4.78, 5) is 33.3. The monoisotopic (exact) mass is 540 g/mol. The summed E-state index contributed by atoms with van der Waals surface area (Å²) in [5.41, 5.74) is 10.8. The van der Waals surface area contributed by atoms with Gasteiger partial charge < -0.3 is 14.8 Å². The molecule has 1 aliphatic rings. The first-order chi connectivity index (χ1) is 19.9. The van der Waals surface area contributed by atoms with Gasteiger partial charge in [-0.05, 0) is 96.1 Å². The molecule has 41 heavy (non-hydrogen) atoms. The number of carbonyl (C=O) groups is 2. The molecule has 2 amide bonds. The lowest BCUT2D eigenvalue weighted by Crippen LogP contribution is -2.30. The minimum Gasteiger partial charge on any atom is -0.347 e. The van der Waals surface area contributed by atoms with E-state index in [-0.39, 0.29) is 11.8 Å². The second-order valence-corrected chi connectivity index (χ2v) is 10.7. The number of pyridine rings is 1. The summed E-state index contributed by atoms with van der Waals surface area (Å²) in [6.45, 7) is 7.57. The van der Waals surface area contributed by atoms with Crippen LogP contribution in [0.2, 0.25) is 0 Å². The molecule has 0 bridgehead atoms. The predicted molar refractivity (Wildman–Crippen MR) is 162 cm³/mol. The van der Waals surface area contributed by atoms with Gasteiger partial charge in [-0.1, -0.05) is 48.5 Å². The summed E-state index contributed by atoms with van der Waals surface area (Å²) < 4.78 is 2.01. The number of hydrogen-bond donors (Lipinski definition) is 1. The van der Waals surface area contributed by atoms with E-state index in [9.17, 15) is 9.59 Å². The fourth-order valence-electron chi connectivity index (χ4n) is 5.79. The summed E-state index contributed by atoms with van der Waals surface area (Å²) in [7, 11) is 0. The maximum Gasteiger partial charge on any atom is 0.268 e. The molecular formula is C35H32N4O2. The molecule has 5 aromatic rings. The van der Waals surface area contributed by atoms with E-state index in [1.807, 2.05) is 70.1 Å². The van der Waals surface area contributed by atoms with Crippen molar-refractivity contribution in [2.45, 2.75) is 40.4 Å². The van der Waals surface area contributed by atoms with Gasteiger partial charge in [-0.2, -0.15) is 0 Å². The van der Waals surface area contributed by atoms with Crippen LogP contribution >= 0.6 is 0 Å². The van der Waals surface area contributed by atoms with E-state index in [4.69, 9.17) is 0 Å². The first-order valence-corrected chi connectivity index (χ1v) is 13.8. The van der Waals surface area contributed by atoms with Gasteiger partial charge in [-0.3, -0.25) is 14.6 Å². The SMILES string of the molecule is Cc1cc(C(=O)N2Cc3ccc(C(=O)NCc4cccnc4)n3Cc3ccccc32)ccc1-c1c(C)cccc1C.